The van der Waals surface area contributed by atoms with Crippen LogP contribution in [-0.2, 0) is 4.79 Å². The predicted octanol–water partition coefficient (Wildman–Crippen LogP) is 0.876. The van der Waals surface area contributed by atoms with Crippen LogP contribution in [0.25, 0.3) is 0 Å². The van der Waals surface area contributed by atoms with Gasteiger partial charge in [-0.1, -0.05) is 6.07 Å². The third kappa shape index (κ3) is 3.09. The molecule has 3 N–H and O–H groups in total. The Morgan fingerprint density at radius 1 is 1.33 bits per heavy atom. The zero-order valence-corrected chi connectivity index (χ0v) is 12.4. The first-order valence-electron chi connectivity index (χ1n) is 7.01. The average molecular weight is 291 g/mol. The zero-order chi connectivity index (χ0) is 15.4. The van der Waals surface area contributed by atoms with Gasteiger partial charge in [0.1, 0.15) is 0 Å². The van der Waals surface area contributed by atoms with E-state index in [9.17, 15) is 9.59 Å². The number of nitrogens with one attached hydrogen (secondary N) is 1. The maximum absolute atomic E-state index is 12.6. The van der Waals surface area contributed by atoms with Gasteiger partial charge in [-0.05, 0) is 25.0 Å². The molecule has 0 spiro atoms. The Hall–Kier alpha value is -2.24. The highest BCUT2D eigenvalue weighted by Crippen LogP contribution is 2.28. The van der Waals surface area contributed by atoms with Crippen LogP contribution in [0.2, 0.25) is 0 Å². The number of hydrogen-bond acceptors (Lipinski definition) is 4. The van der Waals surface area contributed by atoms with Crippen LogP contribution in [0.4, 0.5) is 5.69 Å². The second-order valence-corrected chi connectivity index (χ2v) is 5.11. The standard InChI is InChI=1S/C15H21N3O3/c1-17-14(19)10-6-8-18(9-7-10)15(20)11-4-3-5-12(16)13(11)21-2/h3-5,10H,6-9,16H2,1-2H3,(H,17,19). The minimum absolute atomic E-state index is 0.0122. The summed E-state index contributed by atoms with van der Waals surface area (Å²) >= 11 is 0. The number of benzene rings is 1. The highest BCUT2D eigenvalue weighted by molar-refractivity contribution is 5.98. The molecule has 2 amide bonds. The Morgan fingerprint density at radius 2 is 2.00 bits per heavy atom. The van der Waals surface area contributed by atoms with E-state index in [-0.39, 0.29) is 17.7 Å². The van der Waals surface area contributed by atoms with E-state index in [0.29, 0.717) is 42.9 Å². The number of carbonyl (C=O) groups is 2. The highest BCUT2D eigenvalue weighted by Gasteiger charge is 2.28. The van der Waals surface area contributed by atoms with Crippen LogP contribution >= 0.6 is 0 Å². The average Bonchev–Trinajstić information content (AvgIpc) is 2.53. The summed E-state index contributed by atoms with van der Waals surface area (Å²) in [7, 11) is 3.14. The minimum atomic E-state index is -0.102. The Bertz CT molecular complexity index is 537. The second kappa shape index (κ2) is 6.47. The molecule has 0 unspecified atom stereocenters. The Morgan fingerprint density at radius 3 is 2.57 bits per heavy atom. The molecule has 21 heavy (non-hydrogen) atoms. The molecule has 0 aliphatic carbocycles. The molecular formula is C15H21N3O3. The summed E-state index contributed by atoms with van der Waals surface area (Å²) in [5.74, 6) is 0.343. The molecule has 0 radical (unpaired) electrons. The van der Waals surface area contributed by atoms with E-state index in [2.05, 4.69) is 5.32 Å². The van der Waals surface area contributed by atoms with Gasteiger partial charge in [0.2, 0.25) is 5.91 Å². The molecule has 1 aliphatic heterocycles. The number of nitrogen functional groups attached to an aromatic ring is 1. The first-order valence-corrected chi connectivity index (χ1v) is 7.01. The fraction of sp³-hybridized carbons (Fsp3) is 0.467. The van der Waals surface area contributed by atoms with Crippen molar-refractivity contribution in [2.75, 3.05) is 33.0 Å². The van der Waals surface area contributed by atoms with E-state index in [1.54, 1.807) is 30.1 Å². The lowest BCUT2D eigenvalue weighted by molar-refractivity contribution is -0.125. The molecule has 0 bridgehead atoms. The van der Waals surface area contributed by atoms with Gasteiger partial charge in [-0.3, -0.25) is 9.59 Å². The SMILES string of the molecule is CNC(=O)C1CCN(C(=O)c2cccc(N)c2OC)CC1. The van der Waals surface area contributed by atoms with Gasteiger partial charge in [0.25, 0.3) is 5.91 Å². The van der Waals surface area contributed by atoms with E-state index in [4.69, 9.17) is 10.5 Å². The normalized spacial score (nSPS) is 15.6. The van der Waals surface area contributed by atoms with Gasteiger partial charge in [-0.15, -0.1) is 0 Å². The van der Waals surface area contributed by atoms with Crippen LogP contribution in [0.15, 0.2) is 18.2 Å². The Labute approximate surface area is 124 Å². The maximum atomic E-state index is 12.6. The van der Waals surface area contributed by atoms with E-state index in [0.717, 1.165) is 0 Å². The highest BCUT2D eigenvalue weighted by atomic mass is 16.5. The van der Waals surface area contributed by atoms with Crippen LogP contribution < -0.4 is 15.8 Å². The molecule has 1 aliphatic rings. The number of hydrogen-bond donors (Lipinski definition) is 2. The quantitative estimate of drug-likeness (QED) is 0.810. The van der Waals surface area contributed by atoms with Gasteiger partial charge < -0.3 is 20.7 Å². The molecule has 1 aromatic carbocycles. The first-order chi connectivity index (χ1) is 10.1. The predicted molar refractivity (Wildman–Crippen MR) is 80.1 cm³/mol. The maximum Gasteiger partial charge on any atom is 0.257 e. The van der Waals surface area contributed by atoms with Crippen molar-refractivity contribution in [3.8, 4) is 5.75 Å². The van der Waals surface area contributed by atoms with Crippen LogP contribution in [0.3, 0.4) is 0 Å². The largest absolute Gasteiger partial charge is 0.494 e. The van der Waals surface area contributed by atoms with Crippen molar-refractivity contribution in [3.05, 3.63) is 23.8 Å². The molecule has 6 heteroatoms. The van der Waals surface area contributed by atoms with E-state index >= 15 is 0 Å². The van der Waals surface area contributed by atoms with Crippen molar-refractivity contribution in [1.82, 2.24) is 10.2 Å². The molecule has 0 aromatic heterocycles. The molecule has 2 rings (SSSR count). The van der Waals surface area contributed by atoms with Crippen molar-refractivity contribution < 1.29 is 14.3 Å². The number of para-hydroxylation sites is 1. The smallest absolute Gasteiger partial charge is 0.257 e. The number of anilines is 1. The van der Waals surface area contributed by atoms with Crippen molar-refractivity contribution in [3.63, 3.8) is 0 Å². The van der Waals surface area contributed by atoms with E-state index in [1.165, 1.54) is 7.11 Å². The van der Waals surface area contributed by atoms with Crippen molar-refractivity contribution in [2.24, 2.45) is 5.92 Å². The van der Waals surface area contributed by atoms with Gasteiger partial charge in [0.05, 0.1) is 18.4 Å². The van der Waals surface area contributed by atoms with Gasteiger partial charge >= 0.3 is 0 Å². The molecule has 6 nitrogen and oxygen atoms in total. The lowest BCUT2D eigenvalue weighted by atomic mass is 9.95. The van der Waals surface area contributed by atoms with Crippen LogP contribution in [0, 0.1) is 5.92 Å². The zero-order valence-electron chi connectivity index (χ0n) is 12.4. The summed E-state index contributed by atoms with van der Waals surface area (Å²) in [6.07, 6.45) is 1.35. The van der Waals surface area contributed by atoms with Crippen LogP contribution in [-0.4, -0.2) is 44.0 Å². The topological polar surface area (TPSA) is 84.7 Å². The second-order valence-electron chi connectivity index (χ2n) is 5.11. The summed E-state index contributed by atoms with van der Waals surface area (Å²) in [5.41, 5.74) is 6.75. The number of rotatable bonds is 3. The fourth-order valence-electron chi connectivity index (χ4n) is 2.67. The van der Waals surface area contributed by atoms with Crippen molar-refractivity contribution >= 4 is 17.5 Å². The third-order valence-corrected chi connectivity index (χ3v) is 3.88. The summed E-state index contributed by atoms with van der Waals surface area (Å²) in [5, 5.41) is 2.66. The minimum Gasteiger partial charge on any atom is -0.494 e. The summed E-state index contributed by atoms with van der Waals surface area (Å²) in [6, 6.07) is 5.15. The van der Waals surface area contributed by atoms with Crippen molar-refractivity contribution in [1.29, 1.82) is 0 Å². The number of ether oxygens (including phenoxy) is 1. The van der Waals surface area contributed by atoms with Crippen LogP contribution in [0.5, 0.6) is 5.75 Å². The molecule has 114 valence electrons. The lowest BCUT2D eigenvalue weighted by Gasteiger charge is -2.31. The molecule has 1 aromatic rings. The summed E-state index contributed by atoms with van der Waals surface area (Å²) in [6.45, 7) is 1.13. The van der Waals surface area contributed by atoms with Gasteiger partial charge in [0, 0.05) is 26.1 Å². The first kappa shape index (κ1) is 15.2. The summed E-state index contributed by atoms with van der Waals surface area (Å²) < 4.78 is 5.23. The van der Waals surface area contributed by atoms with Gasteiger partial charge in [-0.2, -0.15) is 0 Å². The number of amides is 2. The Kier molecular flexibility index (Phi) is 4.67. The number of carbonyl (C=O) groups excluding carboxylic acids is 2. The fourth-order valence-corrected chi connectivity index (χ4v) is 2.67. The van der Waals surface area contributed by atoms with Crippen LogP contribution in [0.1, 0.15) is 23.2 Å². The van der Waals surface area contributed by atoms with Crippen molar-refractivity contribution in [2.45, 2.75) is 12.8 Å². The van der Waals surface area contributed by atoms with E-state index < -0.39 is 0 Å². The Balaban J connectivity index is 2.09. The number of likely N-dealkylation sites (tertiary alicyclic amines) is 1. The van der Waals surface area contributed by atoms with Gasteiger partial charge in [0.15, 0.2) is 5.75 Å². The molecule has 1 heterocycles. The van der Waals surface area contributed by atoms with Gasteiger partial charge in [-0.25, -0.2) is 0 Å². The lowest BCUT2D eigenvalue weighted by Crippen LogP contribution is -2.42. The number of nitrogens with zero attached hydrogens (tertiary/aromatic N) is 1. The number of nitrogens with two attached hydrogens (primary N) is 1. The monoisotopic (exact) mass is 291 g/mol. The van der Waals surface area contributed by atoms with E-state index in [1.807, 2.05) is 0 Å². The molecule has 1 fully saturated rings. The number of piperidine rings is 1. The third-order valence-electron chi connectivity index (χ3n) is 3.88. The number of methoxy groups -OCH3 is 1. The summed E-state index contributed by atoms with van der Waals surface area (Å²) in [4.78, 5) is 25.9. The molecular weight excluding hydrogens is 270 g/mol. The molecule has 1 saturated heterocycles. The molecule has 0 atom stereocenters. The molecule has 0 saturated carbocycles.